The van der Waals surface area contributed by atoms with E-state index in [-0.39, 0.29) is 23.6 Å². The van der Waals surface area contributed by atoms with Gasteiger partial charge in [0.05, 0.1) is 0 Å². The van der Waals surface area contributed by atoms with Gasteiger partial charge in [-0.25, -0.2) is 0 Å². The molecule has 7 nitrogen and oxygen atoms in total. The fourth-order valence-electron chi connectivity index (χ4n) is 4.99. The molecule has 1 aromatic carbocycles. The molecule has 0 bridgehead atoms. The highest BCUT2D eigenvalue weighted by Gasteiger charge is 2.32. The molecule has 2 rings (SSSR count). The number of carbonyl (C=O) groups is 3. The van der Waals surface area contributed by atoms with Gasteiger partial charge in [0.1, 0.15) is 12.1 Å². The van der Waals surface area contributed by atoms with Crippen LogP contribution in [0.5, 0.6) is 0 Å². The zero-order valence-corrected chi connectivity index (χ0v) is 22.9. The van der Waals surface area contributed by atoms with Crippen molar-refractivity contribution in [2.75, 3.05) is 20.7 Å². The second-order valence-corrected chi connectivity index (χ2v) is 10.6. The van der Waals surface area contributed by atoms with Crippen LogP contribution in [0.1, 0.15) is 90.2 Å². The van der Waals surface area contributed by atoms with E-state index in [0.717, 1.165) is 31.2 Å². The van der Waals surface area contributed by atoms with E-state index < -0.39 is 18.2 Å². The minimum atomic E-state index is -0.812. The summed E-state index contributed by atoms with van der Waals surface area (Å²) in [5, 5.41) is 5.95. The number of amides is 3. The van der Waals surface area contributed by atoms with Gasteiger partial charge in [0.25, 0.3) is 5.91 Å². The van der Waals surface area contributed by atoms with Crippen molar-refractivity contribution in [2.24, 2.45) is 11.8 Å². The first-order chi connectivity index (χ1) is 17.3. The number of rotatable bonds is 14. The first-order valence-corrected chi connectivity index (χ1v) is 13.7. The van der Waals surface area contributed by atoms with E-state index in [2.05, 4.69) is 17.6 Å². The summed E-state index contributed by atoms with van der Waals surface area (Å²) in [5.74, 6) is -0.103. The lowest BCUT2D eigenvalue weighted by atomic mass is 9.84. The fraction of sp³-hybridized carbons (Fsp3) is 0.690. The van der Waals surface area contributed by atoms with Crippen LogP contribution in [0.4, 0.5) is 0 Å². The summed E-state index contributed by atoms with van der Waals surface area (Å²) < 4.78 is 5.47. The first-order valence-electron chi connectivity index (χ1n) is 13.7. The summed E-state index contributed by atoms with van der Waals surface area (Å²) in [5.41, 5.74) is 0.726. The molecule has 1 saturated carbocycles. The van der Waals surface area contributed by atoms with Crippen molar-refractivity contribution in [2.45, 2.75) is 96.7 Å². The molecule has 3 atom stereocenters. The molecule has 7 heteroatoms. The van der Waals surface area contributed by atoms with Crippen LogP contribution in [-0.2, 0) is 19.1 Å². The second-order valence-electron chi connectivity index (χ2n) is 10.6. The Morgan fingerprint density at radius 3 is 2.22 bits per heavy atom. The minimum Gasteiger partial charge on any atom is -0.367 e. The Labute approximate surface area is 217 Å². The van der Waals surface area contributed by atoms with Crippen LogP contribution in [0.15, 0.2) is 30.3 Å². The zero-order valence-electron chi connectivity index (χ0n) is 22.9. The van der Waals surface area contributed by atoms with Crippen LogP contribution < -0.4 is 10.6 Å². The van der Waals surface area contributed by atoms with Gasteiger partial charge >= 0.3 is 0 Å². The minimum absolute atomic E-state index is 0.0453. The highest BCUT2D eigenvalue weighted by Crippen LogP contribution is 2.28. The van der Waals surface area contributed by atoms with Gasteiger partial charge in [-0.05, 0) is 36.7 Å². The predicted molar refractivity (Wildman–Crippen MR) is 143 cm³/mol. The number of ether oxygens (including phenoxy) is 1. The first kappa shape index (κ1) is 29.8. The summed E-state index contributed by atoms with van der Waals surface area (Å²) in [7, 11) is 3.30. The SMILES string of the molecule is CCCCN(C)C(=O)[C@H](CC1CCCCC1)NC(=O)[C@H](CC(C)C)NC(=O)[C@@H](OC)c1ccccc1. The zero-order chi connectivity index (χ0) is 26.5. The van der Waals surface area contributed by atoms with Gasteiger partial charge in [0.2, 0.25) is 11.8 Å². The average Bonchev–Trinajstić information content (AvgIpc) is 2.87. The maximum absolute atomic E-state index is 13.5. The second kappa shape index (κ2) is 15.6. The van der Waals surface area contributed by atoms with E-state index in [0.29, 0.717) is 25.3 Å². The molecule has 1 aliphatic rings. The highest BCUT2D eigenvalue weighted by atomic mass is 16.5. The summed E-state index contributed by atoms with van der Waals surface area (Å²) in [6.07, 6.45) is 8.01. The normalized spacial score (nSPS) is 16.7. The summed E-state index contributed by atoms with van der Waals surface area (Å²) in [4.78, 5) is 41.8. The van der Waals surface area contributed by atoms with Crippen LogP contribution in [0.3, 0.4) is 0 Å². The Kier molecular flexibility index (Phi) is 13.0. The molecule has 1 fully saturated rings. The maximum atomic E-state index is 13.5. The van der Waals surface area contributed by atoms with Gasteiger partial charge in [-0.1, -0.05) is 89.6 Å². The standard InChI is InChI=1S/C29H47N3O4/c1-6-7-18-32(4)29(35)25(20-22-14-10-8-11-15-22)31-27(33)24(19-21(2)3)30-28(34)26(36-5)23-16-12-9-13-17-23/h9,12-13,16-17,21-22,24-26H,6-8,10-11,14-15,18-20H2,1-5H3,(H,30,34)(H,31,33)/t24-,25-,26-/m0/s1. The highest BCUT2D eigenvalue weighted by molar-refractivity contribution is 5.93. The maximum Gasteiger partial charge on any atom is 0.254 e. The molecular formula is C29H47N3O4. The molecule has 1 aliphatic carbocycles. The van der Waals surface area contributed by atoms with Crippen molar-refractivity contribution in [3.05, 3.63) is 35.9 Å². The number of methoxy groups -OCH3 is 1. The van der Waals surface area contributed by atoms with Crippen LogP contribution in [-0.4, -0.2) is 55.4 Å². The van der Waals surface area contributed by atoms with Crippen LogP contribution in [0, 0.1) is 11.8 Å². The number of carbonyl (C=O) groups excluding carboxylic acids is 3. The lowest BCUT2D eigenvalue weighted by Crippen LogP contribution is -2.55. The van der Waals surface area contributed by atoms with E-state index in [9.17, 15) is 14.4 Å². The quantitative estimate of drug-likeness (QED) is 0.389. The predicted octanol–water partition coefficient (Wildman–Crippen LogP) is 4.62. The third-order valence-electron chi connectivity index (χ3n) is 7.05. The Bertz CT molecular complexity index is 808. The van der Waals surface area contributed by atoms with E-state index in [1.807, 2.05) is 51.2 Å². The van der Waals surface area contributed by atoms with Crippen molar-refractivity contribution in [1.82, 2.24) is 15.5 Å². The van der Waals surface area contributed by atoms with E-state index in [4.69, 9.17) is 4.74 Å². The average molecular weight is 502 g/mol. The fourth-order valence-corrected chi connectivity index (χ4v) is 4.99. The molecule has 3 amide bonds. The molecule has 0 saturated heterocycles. The molecule has 0 aromatic heterocycles. The van der Waals surface area contributed by atoms with Gasteiger partial charge in [-0.15, -0.1) is 0 Å². The molecule has 202 valence electrons. The number of hydrogen-bond acceptors (Lipinski definition) is 4. The van der Waals surface area contributed by atoms with Crippen LogP contribution >= 0.6 is 0 Å². The summed E-state index contributed by atoms with van der Waals surface area (Å²) >= 11 is 0. The topological polar surface area (TPSA) is 87.7 Å². The van der Waals surface area contributed by atoms with Gasteiger partial charge in [-0.3, -0.25) is 14.4 Å². The molecule has 2 N–H and O–H groups in total. The van der Waals surface area contributed by atoms with Crippen molar-refractivity contribution in [1.29, 1.82) is 0 Å². The number of nitrogens with zero attached hydrogens (tertiary/aromatic N) is 1. The molecule has 0 heterocycles. The molecule has 0 unspecified atom stereocenters. The monoisotopic (exact) mass is 501 g/mol. The lowest BCUT2D eigenvalue weighted by molar-refractivity contribution is -0.138. The Morgan fingerprint density at radius 2 is 1.64 bits per heavy atom. The Morgan fingerprint density at radius 1 is 1.00 bits per heavy atom. The molecule has 1 aromatic rings. The lowest BCUT2D eigenvalue weighted by Gasteiger charge is -2.31. The van der Waals surface area contributed by atoms with E-state index in [1.165, 1.54) is 26.4 Å². The van der Waals surface area contributed by atoms with Crippen molar-refractivity contribution in [3.8, 4) is 0 Å². The largest absolute Gasteiger partial charge is 0.367 e. The summed E-state index contributed by atoms with van der Waals surface area (Å²) in [6.45, 7) is 6.80. The smallest absolute Gasteiger partial charge is 0.254 e. The van der Waals surface area contributed by atoms with Crippen LogP contribution in [0.25, 0.3) is 0 Å². The molecular weight excluding hydrogens is 454 g/mol. The van der Waals surface area contributed by atoms with Gasteiger partial charge in [0.15, 0.2) is 6.10 Å². The molecule has 0 spiro atoms. The third kappa shape index (κ3) is 9.57. The number of unbranched alkanes of at least 4 members (excludes halogenated alkanes) is 1. The molecule has 0 radical (unpaired) electrons. The number of likely N-dealkylation sites (N-methyl/N-ethyl adjacent to an activating group) is 1. The Hall–Kier alpha value is -2.41. The van der Waals surface area contributed by atoms with Gasteiger partial charge in [0, 0.05) is 20.7 Å². The van der Waals surface area contributed by atoms with Crippen molar-refractivity contribution < 1.29 is 19.1 Å². The molecule has 36 heavy (non-hydrogen) atoms. The molecule has 0 aliphatic heterocycles. The number of benzene rings is 1. The van der Waals surface area contributed by atoms with Crippen molar-refractivity contribution >= 4 is 17.7 Å². The van der Waals surface area contributed by atoms with Gasteiger partial charge < -0.3 is 20.3 Å². The van der Waals surface area contributed by atoms with Crippen LogP contribution in [0.2, 0.25) is 0 Å². The summed E-state index contributed by atoms with van der Waals surface area (Å²) in [6, 6.07) is 7.91. The Balaban J connectivity index is 2.17. The van der Waals surface area contributed by atoms with E-state index >= 15 is 0 Å². The number of nitrogens with one attached hydrogen (secondary N) is 2. The van der Waals surface area contributed by atoms with Crippen molar-refractivity contribution in [3.63, 3.8) is 0 Å². The third-order valence-corrected chi connectivity index (χ3v) is 7.05. The number of hydrogen-bond donors (Lipinski definition) is 2. The van der Waals surface area contributed by atoms with Gasteiger partial charge in [-0.2, -0.15) is 0 Å². The van der Waals surface area contributed by atoms with E-state index in [1.54, 1.807) is 4.90 Å².